The van der Waals surface area contributed by atoms with Gasteiger partial charge in [0.2, 0.25) is 0 Å². The van der Waals surface area contributed by atoms with Crippen LogP contribution in [-0.4, -0.2) is 46.6 Å². The van der Waals surface area contributed by atoms with Gasteiger partial charge in [-0.2, -0.15) is 5.10 Å². The lowest BCUT2D eigenvalue weighted by Gasteiger charge is -2.09. The number of anilines is 1. The number of benzene rings is 1. The van der Waals surface area contributed by atoms with Crippen LogP contribution in [0.25, 0.3) is 22.4 Å². The van der Waals surface area contributed by atoms with Gasteiger partial charge in [-0.05, 0) is 63.6 Å². The molecule has 0 atom stereocenters. The van der Waals surface area contributed by atoms with E-state index in [1.165, 1.54) is 11.1 Å². The van der Waals surface area contributed by atoms with Crippen LogP contribution in [0.3, 0.4) is 0 Å². The summed E-state index contributed by atoms with van der Waals surface area (Å²) in [6, 6.07) is 12.5. The average molecular weight is 517 g/mol. The molecule has 0 unspecified atom stereocenters. The molecule has 7 heteroatoms. The van der Waals surface area contributed by atoms with Crippen molar-refractivity contribution in [2.75, 3.05) is 26.0 Å². The van der Waals surface area contributed by atoms with Crippen molar-refractivity contribution >= 4 is 11.6 Å². The Kier molecular flexibility index (Phi) is 14.9. The average Bonchev–Trinajstić information content (AvgIpc) is 3.00. The zero-order valence-corrected chi connectivity index (χ0v) is 24.3. The Morgan fingerprint density at radius 3 is 2.32 bits per heavy atom. The molecule has 2 aromatic heterocycles. The first kappa shape index (κ1) is 32.2. The Morgan fingerprint density at radius 1 is 1.03 bits per heavy atom. The lowest BCUT2D eigenvalue weighted by atomic mass is 10.0. The molecule has 2 heterocycles. The standard InChI is InChI=1S/C22H25N5.C7H13NO.C2H6/c1-5-17-12-18(7-6-15(17)2)21-9-8-19(13-24-21)20-14-26-25-11-10-16(3)27-22(20)23-4;1-6(5-8-3)4-7(2)9;1-2/h6-14,23,25H,5H2,1-4H3;8H,1,4-5H2,2-3H3;1-2H3. The molecule has 0 aliphatic rings. The van der Waals surface area contributed by atoms with E-state index < -0.39 is 0 Å². The topological polar surface area (TPSA) is 95.6 Å². The molecule has 0 bridgehead atoms. The molecule has 0 radical (unpaired) electrons. The zero-order valence-electron chi connectivity index (χ0n) is 24.3. The Labute approximate surface area is 228 Å². The van der Waals surface area contributed by atoms with Crippen LogP contribution in [0.1, 0.15) is 50.9 Å². The molecule has 0 saturated carbocycles. The third-order valence-corrected chi connectivity index (χ3v) is 5.47. The molecule has 0 aliphatic heterocycles. The number of nitrogens with one attached hydrogen (secondary N) is 3. The number of carbonyl (C=O) groups is 1. The summed E-state index contributed by atoms with van der Waals surface area (Å²) in [6.45, 7) is 16.3. The SMILES string of the molecule is C=C(CNC)CC(C)=O.CC.CCc1cc(-c2ccc(-c3cn[nH]ccc(C)nc3NC)cn2)ccc1C. The van der Waals surface area contributed by atoms with Crippen LogP contribution in [0.5, 0.6) is 0 Å². The smallest absolute Gasteiger partial charge is 0.135 e. The van der Waals surface area contributed by atoms with Crippen LogP contribution in [0.15, 0.2) is 67.1 Å². The van der Waals surface area contributed by atoms with E-state index >= 15 is 0 Å². The molecule has 0 fully saturated rings. The second-order valence-electron chi connectivity index (χ2n) is 8.57. The number of likely N-dealkylation sites (N-methyl/N-ethyl adjacent to an activating group) is 1. The predicted molar refractivity (Wildman–Crippen MR) is 161 cm³/mol. The predicted octanol–water partition coefficient (Wildman–Crippen LogP) is 6.65. The zero-order chi connectivity index (χ0) is 28.5. The summed E-state index contributed by atoms with van der Waals surface area (Å²) >= 11 is 0. The van der Waals surface area contributed by atoms with Crippen LogP contribution in [0.4, 0.5) is 5.82 Å². The molecule has 7 nitrogen and oxygen atoms in total. The van der Waals surface area contributed by atoms with Gasteiger partial charge < -0.3 is 10.6 Å². The van der Waals surface area contributed by atoms with Crippen LogP contribution in [0.2, 0.25) is 0 Å². The van der Waals surface area contributed by atoms with Gasteiger partial charge in [-0.15, -0.1) is 0 Å². The maximum atomic E-state index is 10.4. The van der Waals surface area contributed by atoms with E-state index in [0.29, 0.717) is 6.42 Å². The monoisotopic (exact) mass is 516 g/mol. The molecule has 0 saturated heterocycles. The number of carbonyl (C=O) groups excluding carboxylic acids is 1. The van der Waals surface area contributed by atoms with Crippen molar-refractivity contribution < 1.29 is 4.79 Å². The Balaban J connectivity index is 0.000000559. The van der Waals surface area contributed by atoms with Gasteiger partial charge in [0.1, 0.15) is 11.6 Å². The maximum absolute atomic E-state index is 10.4. The van der Waals surface area contributed by atoms with Gasteiger partial charge in [0.15, 0.2) is 0 Å². The molecular formula is C31H44N6O. The highest BCUT2D eigenvalue weighted by Gasteiger charge is 2.07. The van der Waals surface area contributed by atoms with Crippen LogP contribution >= 0.6 is 0 Å². The van der Waals surface area contributed by atoms with E-state index in [2.05, 4.69) is 75.5 Å². The molecule has 0 aliphatic carbocycles. The second-order valence-corrected chi connectivity index (χ2v) is 8.57. The van der Waals surface area contributed by atoms with Crippen molar-refractivity contribution in [1.82, 2.24) is 25.5 Å². The summed E-state index contributed by atoms with van der Waals surface area (Å²) in [5, 5.41) is 13.2. The lowest BCUT2D eigenvalue weighted by molar-refractivity contribution is -0.116. The number of nitrogens with zero attached hydrogens (tertiary/aromatic N) is 3. The number of pyridine rings is 1. The molecule has 38 heavy (non-hydrogen) atoms. The van der Waals surface area contributed by atoms with Crippen LogP contribution in [0, 0.1) is 13.8 Å². The molecule has 3 rings (SSSR count). The molecule has 1 aromatic carbocycles. The third kappa shape index (κ3) is 10.6. The minimum atomic E-state index is 0.176. The van der Waals surface area contributed by atoms with Crippen LogP contribution < -0.4 is 10.6 Å². The van der Waals surface area contributed by atoms with Gasteiger partial charge in [-0.1, -0.05) is 51.1 Å². The van der Waals surface area contributed by atoms with Crippen molar-refractivity contribution in [2.45, 2.75) is 54.4 Å². The van der Waals surface area contributed by atoms with Crippen molar-refractivity contribution in [3.63, 3.8) is 0 Å². The first-order valence-electron chi connectivity index (χ1n) is 13.1. The fourth-order valence-electron chi connectivity index (χ4n) is 3.64. The minimum absolute atomic E-state index is 0.176. The number of ketones is 1. The summed E-state index contributed by atoms with van der Waals surface area (Å²) in [5.74, 6) is 0.929. The Morgan fingerprint density at radius 2 is 1.74 bits per heavy atom. The molecule has 3 aromatic rings. The van der Waals surface area contributed by atoms with E-state index in [9.17, 15) is 4.79 Å². The number of hydrogen-bond acceptors (Lipinski definition) is 6. The number of rotatable bonds is 8. The number of hydrogen-bond donors (Lipinski definition) is 3. The van der Waals surface area contributed by atoms with Crippen molar-refractivity contribution in [3.05, 3.63) is 84.0 Å². The quantitative estimate of drug-likeness (QED) is 0.290. The maximum Gasteiger partial charge on any atom is 0.135 e. The van der Waals surface area contributed by atoms with Crippen molar-refractivity contribution in [1.29, 1.82) is 0 Å². The van der Waals surface area contributed by atoms with Gasteiger partial charge in [0, 0.05) is 54.8 Å². The number of aromatic amines is 1. The van der Waals surface area contributed by atoms with Crippen molar-refractivity contribution in [2.24, 2.45) is 0 Å². The molecular weight excluding hydrogens is 472 g/mol. The second kappa shape index (κ2) is 17.6. The molecule has 0 amide bonds. The fraction of sp³-hybridized carbons (Fsp3) is 0.355. The molecule has 3 N–H and O–H groups in total. The van der Waals surface area contributed by atoms with Gasteiger partial charge in [-0.25, -0.2) is 4.98 Å². The fourth-order valence-corrected chi connectivity index (χ4v) is 3.64. The highest BCUT2D eigenvalue weighted by molar-refractivity contribution is 5.78. The summed E-state index contributed by atoms with van der Waals surface area (Å²) in [7, 11) is 3.70. The Hall–Kier alpha value is -3.84. The lowest BCUT2D eigenvalue weighted by Crippen LogP contribution is -2.11. The van der Waals surface area contributed by atoms with E-state index in [4.69, 9.17) is 0 Å². The molecule has 204 valence electrons. The van der Waals surface area contributed by atoms with Gasteiger partial charge in [0.25, 0.3) is 0 Å². The Bertz CT molecular complexity index is 1210. The normalized spacial score (nSPS) is 9.68. The number of aromatic nitrogens is 4. The number of Topliss-reactive ketones (excluding diaryl/α,β-unsaturated/α-hetero) is 1. The third-order valence-electron chi connectivity index (χ3n) is 5.47. The van der Waals surface area contributed by atoms with E-state index in [0.717, 1.165) is 52.4 Å². The summed E-state index contributed by atoms with van der Waals surface area (Å²) < 4.78 is 0. The first-order valence-corrected chi connectivity index (χ1v) is 13.1. The van der Waals surface area contributed by atoms with E-state index in [1.807, 2.05) is 53.2 Å². The van der Waals surface area contributed by atoms with E-state index in [-0.39, 0.29) is 5.78 Å². The van der Waals surface area contributed by atoms with Gasteiger partial charge >= 0.3 is 0 Å². The number of aryl methyl sites for hydroxylation is 3. The number of H-pyrrole nitrogens is 1. The summed E-state index contributed by atoms with van der Waals surface area (Å²) in [5.41, 5.74) is 8.42. The highest BCUT2D eigenvalue weighted by Crippen LogP contribution is 2.27. The summed E-state index contributed by atoms with van der Waals surface area (Å²) in [6.07, 6.45) is 6.91. The van der Waals surface area contributed by atoms with Crippen LogP contribution in [-0.2, 0) is 11.2 Å². The van der Waals surface area contributed by atoms with Crippen molar-refractivity contribution in [3.8, 4) is 22.4 Å². The largest absolute Gasteiger partial charge is 0.373 e. The first-order chi connectivity index (χ1) is 18.3. The highest BCUT2D eigenvalue weighted by atomic mass is 16.1. The van der Waals surface area contributed by atoms with Gasteiger partial charge in [0.05, 0.1) is 11.9 Å². The van der Waals surface area contributed by atoms with Gasteiger partial charge in [-0.3, -0.25) is 14.9 Å². The summed E-state index contributed by atoms with van der Waals surface area (Å²) in [4.78, 5) is 19.8. The van der Waals surface area contributed by atoms with E-state index in [1.54, 1.807) is 19.3 Å². The molecule has 0 spiro atoms. The minimum Gasteiger partial charge on any atom is -0.373 e.